The largest absolute Gasteiger partial charge is 0.435 e. The Morgan fingerprint density at radius 3 is 2.39 bits per heavy atom. The van der Waals surface area contributed by atoms with Crippen LogP contribution in [0.5, 0.6) is 5.75 Å². The van der Waals surface area contributed by atoms with Gasteiger partial charge in [0.15, 0.2) is 5.82 Å². The van der Waals surface area contributed by atoms with E-state index in [9.17, 15) is 13.6 Å². The van der Waals surface area contributed by atoms with Crippen LogP contribution in [0.3, 0.4) is 0 Å². The van der Waals surface area contributed by atoms with Crippen LogP contribution in [-0.4, -0.2) is 17.8 Å². The van der Waals surface area contributed by atoms with Crippen LogP contribution in [0, 0.1) is 0 Å². The molecule has 2 amide bonds. The van der Waals surface area contributed by atoms with Gasteiger partial charge in [0.2, 0.25) is 0 Å². The third-order valence-corrected chi connectivity index (χ3v) is 2.83. The summed E-state index contributed by atoms with van der Waals surface area (Å²) in [5.41, 5.74) is 0.202. The number of benzene rings is 1. The Kier molecular flexibility index (Phi) is 4.83. The first-order valence-electron chi connectivity index (χ1n) is 6.84. The normalized spacial score (nSPS) is 11.4. The van der Waals surface area contributed by atoms with Crippen molar-refractivity contribution >= 4 is 17.5 Å². The van der Waals surface area contributed by atoms with Gasteiger partial charge in [-0.05, 0) is 24.3 Å². The lowest BCUT2D eigenvalue weighted by molar-refractivity contribution is -0.0498. The topological polar surface area (TPSA) is 76.4 Å². The number of hydrogen-bond acceptors (Lipinski definition) is 4. The smallest absolute Gasteiger partial charge is 0.387 e. The van der Waals surface area contributed by atoms with E-state index in [1.807, 2.05) is 20.8 Å². The highest BCUT2D eigenvalue weighted by molar-refractivity contribution is 5.99. The van der Waals surface area contributed by atoms with Gasteiger partial charge in [-0.25, -0.2) is 4.79 Å². The molecular weight excluding hydrogens is 308 g/mol. The second-order valence-corrected chi connectivity index (χ2v) is 5.81. The zero-order valence-corrected chi connectivity index (χ0v) is 12.9. The Labute approximate surface area is 131 Å². The maximum absolute atomic E-state index is 12.0. The molecule has 1 aromatic heterocycles. The number of nitrogens with one attached hydrogen (secondary N) is 2. The predicted octanol–water partition coefficient (Wildman–Crippen LogP) is 4.22. The van der Waals surface area contributed by atoms with Crippen molar-refractivity contribution in [1.82, 2.24) is 5.16 Å². The molecule has 0 aliphatic carbocycles. The van der Waals surface area contributed by atoms with Crippen LogP contribution < -0.4 is 15.4 Å². The number of anilines is 2. The Hall–Kier alpha value is -2.64. The molecule has 2 rings (SSSR count). The summed E-state index contributed by atoms with van der Waals surface area (Å²) in [6.45, 7) is 2.99. The van der Waals surface area contributed by atoms with Crippen LogP contribution in [-0.2, 0) is 5.41 Å². The van der Waals surface area contributed by atoms with Gasteiger partial charge in [-0.1, -0.05) is 25.9 Å². The summed E-state index contributed by atoms with van der Waals surface area (Å²) >= 11 is 0. The lowest BCUT2D eigenvalue weighted by Gasteiger charge is -2.12. The number of carbonyl (C=O) groups is 1. The van der Waals surface area contributed by atoms with E-state index in [1.165, 1.54) is 24.3 Å². The average molecular weight is 325 g/mol. The van der Waals surface area contributed by atoms with E-state index in [0.717, 1.165) is 0 Å². The molecule has 0 unspecified atom stereocenters. The SMILES string of the molecule is CC(C)(C)c1cc(NC(=O)Nc2ccc(OC(F)F)cc2)no1. The Morgan fingerprint density at radius 1 is 1.22 bits per heavy atom. The van der Waals surface area contributed by atoms with Crippen molar-refractivity contribution in [2.45, 2.75) is 32.8 Å². The van der Waals surface area contributed by atoms with Crippen LogP contribution in [0.4, 0.5) is 25.1 Å². The lowest BCUT2D eigenvalue weighted by Crippen LogP contribution is -2.19. The summed E-state index contributed by atoms with van der Waals surface area (Å²) in [5.74, 6) is 0.934. The molecule has 6 nitrogen and oxygen atoms in total. The number of carbonyl (C=O) groups excluding carboxylic acids is 1. The number of hydrogen-bond donors (Lipinski definition) is 2. The number of urea groups is 1. The second kappa shape index (κ2) is 6.64. The van der Waals surface area contributed by atoms with Crippen LogP contribution in [0.1, 0.15) is 26.5 Å². The van der Waals surface area contributed by atoms with E-state index >= 15 is 0 Å². The van der Waals surface area contributed by atoms with Crippen molar-refractivity contribution in [1.29, 1.82) is 0 Å². The summed E-state index contributed by atoms with van der Waals surface area (Å²) in [6.07, 6.45) is 0. The molecule has 0 aliphatic rings. The highest BCUT2D eigenvalue weighted by Gasteiger charge is 2.20. The minimum Gasteiger partial charge on any atom is -0.435 e. The quantitative estimate of drug-likeness (QED) is 0.882. The van der Waals surface area contributed by atoms with Gasteiger partial charge < -0.3 is 14.6 Å². The summed E-state index contributed by atoms with van der Waals surface area (Å²) in [6, 6.07) is 6.66. The Morgan fingerprint density at radius 2 is 1.87 bits per heavy atom. The number of halogens is 2. The highest BCUT2D eigenvalue weighted by Crippen LogP contribution is 2.24. The maximum Gasteiger partial charge on any atom is 0.387 e. The molecule has 1 heterocycles. The van der Waals surface area contributed by atoms with Crippen LogP contribution in [0.25, 0.3) is 0 Å². The van der Waals surface area contributed by atoms with E-state index in [1.54, 1.807) is 6.07 Å². The fourth-order valence-electron chi connectivity index (χ4n) is 1.69. The zero-order valence-electron chi connectivity index (χ0n) is 12.9. The molecule has 0 radical (unpaired) electrons. The fourth-order valence-corrected chi connectivity index (χ4v) is 1.69. The third kappa shape index (κ3) is 4.94. The molecule has 124 valence electrons. The van der Waals surface area contributed by atoms with Gasteiger partial charge in [-0.15, -0.1) is 0 Å². The highest BCUT2D eigenvalue weighted by atomic mass is 19.3. The molecule has 0 bridgehead atoms. The molecule has 0 spiro atoms. The molecule has 0 saturated heterocycles. The Bertz CT molecular complexity index is 663. The first-order chi connectivity index (χ1) is 10.7. The summed E-state index contributed by atoms with van der Waals surface area (Å²) in [4.78, 5) is 11.8. The summed E-state index contributed by atoms with van der Waals surface area (Å²) < 4.78 is 33.5. The van der Waals surface area contributed by atoms with Gasteiger partial charge in [0.05, 0.1) is 0 Å². The van der Waals surface area contributed by atoms with Gasteiger partial charge in [0.25, 0.3) is 0 Å². The molecule has 0 aliphatic heterocycles. The van der Waals surface area contributed by atoms with Crippen molar-refractivity contribution in [3.63, 3.8) is 0 Å². The van der Waals surface area contributed by atoms with E-state index in [2.05, 4.69) is 20.5 Å². The monoisotopic (exact) mass is 325 g/mol. The van der Waals surface area contributed by atoms with Crippen LogP contribution in [0.2, 0.25) is 0 Å². The van der Waals surface area contributed by atoms with Crippen LogP contribution >= 0.6 is 0 Å². The van der Waals surface area contributed by atoms with Gasteiger partial charge in [0.1, 0.15) is 11.5 Å². The van der Waals surface area contributed by atoms with Crippen molar-refractivity contribution in [3.8, 4) is 5.75 Å². The number of aromatic nitrogens is 1. The van der Waals surface area contributed by atoms with Gasteiger partial charge in [-0.2, -0.15) is 8.78 Å². The summed E-state index contributed by atoms with van der Waals surface area (Å²) in [5, 5.41) is 8.83. The molecule has 2 aromatic rings. The molecule has 0 fully saturated rings. The molecule has 0 saturated carbocycles. The van der Waals surface area contributed by atoms with Crippen molar-refractivity contribution < 1.29 is 22.8 Å². The third-order valence-electron chi connectivity index (χ3n) is 2.83. The van der Waals surface area contributed by atoms with E-state index in [4.69, 9.17) is 4.52 Å². The van der Waals surface area contributed by atoms with Gasteiger partial charge >= 0.3 is 12.6 Å². The van der Waals surface area contributed by atoms with E-state index in [0.29, 0.717) is 11.4 Å². The van der Waals surface area contributed by atoms with Crippen molar-refractivity contribution in [3.05, 3.63) is 36.1 Å². The number of ether oxygens (including phenoxy) is 1. The number of rotatable bonds is 4. The molecule has 0 atom stereocenters. The van der Waals surface area contributed by atoms with E-state index in [-0.39, 0.29) is 17.0 Å². The average Bonchev–Trinajstić information content (AvgIpc) is 2.89. The molecular formula is C15H17F2N3O3. The standard InChI is InChI=1S/C15H17F2N3O3/c1-15(2,3)11-8-12(20-23-11)19-14(21)18-9-4-6-10(7-5-9)22-13(16)17/h4-8,13H,1-3H3,(H2,18,19,20,21). The predicted molar refractivity (Wildman–Crippen MR) is 80.9 cm³/mol. The first kappa shape index (κ1) is 16.7. The number of nitrogens with zero attached hydrogens (tertiary/aromatic N) is 1. The first-order valence-corrected chi connectivity index (χ1v) is 6.84. The molecule has 8 heteroatoms. The molecule has 1 aromatic carbocycles. The summed E-state index contributed by atoms with van der Waals surface area (Å²) in [7, 11) is 0. The van der Waals surface area contributed by atoms with E-state index < -0.39 is 12.6 Å². The lowest BCUT2D eigenvalue weighted by atomic mass is 9.93. The van der Waals surface area contributed by atoms with Crippen LogP contribution in [0.15, 0.2) is 34.9 Å². The number of alkyl halides is 2. The molecule has 23 heavy (non-hydrogen) atoms. The van der Waals surface area contributed by atoms with Gasteiger partial charge in [-0.3, -0.25) is 5.32 Å². The fraction of sp³-hybridized carbons (Fsp3) is 0.333. The van der Waals surface area contributed by atoms with Crippen molar-refractivity contribution in [2.24, 2.45) is 0 Å². The van der Waals surface area contributed by atoms with Gasteiger partial charge in [0, 0.05) is 17.2 Å². The minimum atomic E-state index is -2.89. The minimum absolute atomic E-state index is 0.0114. The number of amides is 2. The Balaban J connectivity index is 1.93. The molecule has 2 N–H and O–H groups in total. The second-order valence-electron chi connectivity index (χ2n) is 5.81. The maximum atomic E-state index is 12.0. The zero-order chi connectivity index (χ0) is 17.0. The van der Waals surface area contributed by atoms with Crippen molar-refractivity contribution in [2.75, 3.05) is 10.6 Å².